The number of likely N-dealkylation sites (N-methyl/N-ethyl adjacent to an activating group) is 1. The molecule has 4 rings (SSSR count). The second-order valence-corrected chi connectivity index (χ2v) is 11.7. The maximum Gasteiger partial charge on any atom is 0.244 e. The van der Waals surface area contributed by atoms with E-state index in [1.807, 2.05) is 98.8 Å². The van der Waals surface area contributed by atoms with Crippen molar-refractivity contribution in [2.75, 3.05) is 23.7 Å². The van der Waals surface area contributed by atoms with Gasteiger partial charge in [-0.3, -0.25) is 13.9 Å². The van der Waals surface area contributed by atoms with Gasteiger partial charge >= 0.3 is 0 Å². The van der Waals surface area contributed by atoms with E-state index in [0.29, 0.717) is 12.2 Å². The molecule has 0 fully saturated rings. The minimum atomic E-state index is -3.85. The highest BCUT2D eigenvalue weighted by molar-refractivity contribution is 7.92. The van der Waals surface area contributed by atoms with E-state index in [4.69, 9.17) is 0 Å². The SMILES string of the molecule is CCNC(=O)[C@H](Cc1ccccc1)N(Cc1ccccc1C)C(=O)CN(c1cccc2ccccc12)S(C)(=O)=O. The molecular formula is C32H35N3O4S. The lowest BCUT2D eigenvalue weighted by atomic mass is 10.0. The van der Waals surface area contributed by atoms with Gasteiger partial charge in [0.25, 0.3) is 0 Å². The number of benzene rings is 4. The Balaban J connectivity index is 1.78. The summed E-state index contributed by atoms with van der Waals surface area (Å²) in [5.74, 6) is -0.752. The van der Waals surface area contributed by atoms with Crippen LogP contribution in [0.4, 0.5) is 5.69 Å². The summed E-state index contributed by atoms with van der Waals surface area (Å²) in [4.78, 5) is 29.2. The number of hydrogen-bond donors (Lipinski definition) is 1. The normalized spacial score (nSPS) is 12.1. The molecule has 2 amide bonds. The summed E-state index contributed by atoms with van der Waals surface area (Å²) in [7, 11) is -3.85. The van der Waals surface area contributed by atoms with Crippen molar-refractivity contribution in [1.82, 2.24) is 10.2 Å². The Morgan fingerprint density at radius 2 is 1.50 bits per heavy atom. The molecule has 0 radical (unpaired) electrons. The molecule has 0 saturated carbocycles. The molecule has 0 spiro atoms. The molecule has 4 aromatic rings. The van der Waals surface area contributed by atoms with Gasteiger partial charge in [0.15, 0.2) is 0 Å². The van der Waals surface area contributed by atoms with Gasteiger partial charge < -0.3 is 10.2 Å². The van der Waals surface area contributed by atoms with Crippen LogP contribution in [-0.2, 0) is 32.6 Å². The largest absolute Gasteiger partial charge is 0.355 e. The Labute approximate surface area is 236 Å². The molecule has 7 nitrogen and oxygen atoms in total. The monoisotopic (exact) mass is 557 g/mol. The molecule has 40 heavy (non-hydrogen) atoms. The van der Waals surface area contributed by atoms with Crippen LogP contribution in [0.15, 0.2) is 97.1 Å². The van der Waals surface area contributed by atoms with Crippen molar-refractivity contribution in [3.8, 4) is 0 Å². The maximum atomic E-state index is 14.2. The van der Waals surface area contributed by atoms with E-state index in [-0.39, 0.29) is 18.9 Å². The summed E-state index contributed by atoms with van der Waals surface area (Å²) in [5, 5.41) is 4.46. The van der Waals surface area contributed by atoms with Crippen molar-refractivity contribution in [2.24, 2.45) is 0 Å². The first-order valence-electron chi connectivity index (χ1n) is 13.3. The third kappa shape index (κ3) is 6.87. The van der Waals surface area contributed by atoms with Gasteiger partial charge in [0, 0.05) is 24.9 Å². The molecule has 0 heterocycles. The smallest absolute Gasteiger partial charge is 0.244 e. The van der Waals surface area contributed by atoms with Gasteiger partial charge in [-0.1, -0.05) is 91.0 Å². The van der Waals surface area contributed by atoms with E-state index in [9.17, 15) is 18.0 Å². The highest BCUT2D eigenvalue weighted by atomic mass is 32.2. The lowest BCUT2D eigenvalue weighted by Gasteiger charge is -2.34. The average molecular weight is 558 g/mol. The van der Waals surface area contributed by atoms with E-state index < -0.39 is 28.5 Å². The number of nitrogens with one attached hydrogen (secondary N) is 1. The predicted molar refractivity (Wildman–Crippen MR) is 160 cm³/mol. The summed E-state index contributed by atoms with van der Waals surface area (Å²) in [5.41, 5.74) is 3.18. The van der Waals surface area contributed by atoms with Gasteiger partial charge in [-0.05, 0) is 42.0 Å². The van der Waals surface area contributed by atoms with Crippen molar-refractivity contribution in [1.29, 1.82) is 0 Å². The lowest BCUT2D eigenvalue weighted by Crippen LogP contribution is -2.53. The number of anilines is 1. The number of sulfonamides is 1. The van der Waals surface area contributed by atoms with Gasteiger partial charge in [-0.25, -0.2) is 8.42 Å². The minimum absolute atomic E-state index is 0.160. The predicted octanol–water partition coefficient (Wildman–Crippen LogP) is 4.69. The number of aryl methyl sites for hydroxylation is 1. The molecule has 0 bridgehead atoms. The van der Waals surface area contributed by atoms with E-state index in [0.717, 1.165) is 38.0 Å². The van der Waals surface area contributed by atoms with E-state index in [1.54, 1.807) is 12.1 Å². The Bertz CT molecular complexity index is 1580. The standard InChI is InChI=1S/C32H35N3O4S/c1-4-33-32(37)30(21-25-14-6-5-7-15-25)34(22-27-17-9-8-13-24(27)2)31(36)23-35(40(3,38)39)29-20-12-18-26-16-10-11-19-28(26)29/h5-20,30H,4,21-23H2,1-3H3,(H,33,37)/t30-/m0/s1. The number of carbonyl (C=O) groups is 2. The van der Waals surface area contributed by atoms with Crippen LogP contribution in [0.5, 0.6) is 0 Å². The van der Waals surface area contributed by atoms with Crippen LogP contribution in [0.25, 0.3) is 10.8 Å². The molecule has 0 aliphatic carbocycles. The molecule has 0 saturated heterocycles. The molecular weight excluding hydrogens is 522 g/mol. The fourth-order valence-corrected chi connectivity index (χ4v) is 5.70. The average Bonchev–Trinajstić information content (AvgIpc) is 2.94. The van der Waals surface area contributed by atoms with Crippen molar-refractivity contribution >= 4 is 38.3 Å². The number of carbonyl (C=O) groups excluding carboxylic acids is 2. The first kappa shape index (κ1) is 28.8. The van der Waals surface area contributed by atoms with Crippen LogP contribution < -0.4 is 9.62 Å². The summed E-state index contributed by atoms with van der Waals surface area (Å²) < 4.78 is 27.4. The maximum absolute atomic E-state index is 14.2. The summed E-state index contributed by atoms with van der Waals surface area (Å²) >= 11 is 0. The zero-order valence-corrected chi connectivity index (χ0v) is 23.9. The minimum Gasteiger partial charge on any atom is -0.355 e. The van der Waals surface area contributed by atoms with Crippen molar-refractivity contribution in [2.45, 2.75) is 32.9 Å². The Hall–Kier alpha value is -4.17. The summed E-state index contributed by atoms with van der Waals surface area (Å²) in [6.07, 6.45) is 1.39. The molecule has 0 aromatic heterocycles. The topological polar surface area (TPSA) is 86.8 Å². The molecule has 8 heteroatoms. The van der Waals surface area contributed by atoms with Crippen LogP contribution in [0.1, 0.15) is 23.6 Å². The zero-order valence-electron chi connectivity index (χ0n) is 23.1. The van der Waals surface area contributed by atoms with Crippen LogP contribution in [0.2, 0.25) is 0 Å². The van der Waals surface area contributed by atoms with E-state index in [1.165, 1.54) is 4.90 Å². The van der Waals surface area contributed by atoms with E-state index >= 15 is 0 Å². The highest BCUT2D eigenvalue weighted by Crippen LogP contribution is 2.29. The Morgan fingerprint density at radius 1 is 0.850 bits per heavy atom. The molecule has 1 N–H and O–H groups in total. The lowest BCUT2D eigenvalue weighted by molar-refractivity contribution is -0.140. The van der Waals surface area contributed by atoms with Crippen LogP contribution in [-0.4, -0.2) is 50.5 Å². The first-order chi connectivity index (χ1) is 19.2. The van der Waals surface area contributed by atoms with Gasteiger partial charge in [-0.15, -0.1) is 0 Å². The Morgan fingerprint density at radius 3 is 2.20 bits per heavy atom. The van der Waals surface area contributed by atoms with Crippen LogP contribution in [0.3, 0.4) is 0 Å². The van der Waals surface area contributed by atoms with Crippen molar-refractivity contribution < 1.29 is 18.0 Å². The summed E-state index contributed by atoms with van der Waals surface area (Å²) in [6, 6.07) is 29.2. The number of rotatable bonds is 11. The van der Waals surface area contributed by atoms with Gasteiger partial charge in [0.2, 0.25) is 21.8 Å². The van der Waals surface area contributed by atoms with Crippen LogP contribution in [0, 0.1) is 6.92 Å². The summed E-state index contributed by atoms with van der Waals surface area (Å²) in [6.45, 7) is 3.91. The van der Waals surface area contributed by atoms with Gasteiger partial charge in [0.05, 0.1) is 11.9 Å². The van der Waals surface area contributed by atoms with Crippen LogP contribution >= 0.6 is 0 Å². The fraction of sp³-hybridized carbons (Fsp3) is 0.250. The molecule has 0 aliphatic rings. The number of nitrogens with zero attached hydrogens (tertiary/aromatic N) is 2. The number of hydrogen-bond acceptors (Lipinski definition) is 4. The van der Waals surface area contributed by atoms with E-state index in [2.05, 4.69) is 5.32 Å². The zero-order chi connectivity index (χ0) is 28.7. The third-order valence-electron chi connectivity index (χ3n) is 6.94. The number of fused-ring (bicyclic) bond motifs is 1. The Kier molecular flexibility index (Phi) is 9.22. The van der Waals surface area contributed by atoms with Crippen molar-refractivity contribution in [3.63, 3.8) is 0 Å². The quantitative estimate of drug-likeness (QED) is 0.290. The fourth-order valence-electron chi connectivity index (χ4n) is 4.84. The van der Waals surface area contributed by atoms with Gasteiger partial charge in [0.1, 0.15) is 12.6 Å². The molecule has 0 aliphatic heterocycles. The van der Waals surface area contributed by atoms with Crippen molar-refractivity contribution in [3.05, 3.63) is 114 Å². The second kappa shape index (κ2) is 12.8. The highest BCUT2D eigenvalue weighted by Gasteiger charge is 2.33. The second-order valence-electron chi connectivity index (χ2n) is 9.82. The first-order valence-corrected chi connectivity index (χ1v) is 15.1. The molecule has 4 aromatic carbocycles. The molecule has 0 unspecified atom stereocenters. The molecule has 208 valence electrons. The van der Waals surface area contributed by atoms with Gasteiger partial charge in [-0.2, -0.15) is 0 Å². The third-order valence-corrected chi connectivity index (χ3v) is 8.07. The molecule has 1 atom stereocenters. The number of amides is 2.